The summed E-state index contributed by atoms with van der Waals surface area (Å²) < 4.78 is 6.17. The van der Waals surface area contributed by atoms with Crippen LogP contribution >= 0.6 is 0 Å². The van der Waals surface area contributed by atoms with Crippen LogP contribution in [0, 0.1) is 0 Å². The Kier molecular flexibility index (Phi) is 5.78. The van der Waals surface area contributed by atoms with Crippen LogP contribution in [0.2, 0.25) is 0 Å². The second-order valence-corrected chi connectivity index (χ2v) is 11.3. The monoisotopic (exact) mass is 564 g/mol. The Morgan fingerprint density at radius 3 is 1.65 bits per heavy atom. The zero-order chi connectivity index (χ0) is 30.0. The van der Waals surface area contributed by atoms with Crippen LogP contribution in [0.15, 0.2) is 122 Å². The number of fused-ring (bicyclic) bond motifs is 4. The lowest BCUT2D eigenvalue weighted by Crippen LogP contribution is -2.18. The summed E-state index contributed by atoms with van der Waals surface area (Å²) in [6.45, 7) is 4.29. The van der Waals surface area contributed by atoms with Gasteiger partial charge in [-0.2, -0.15) is 0 Å². The Bertz CT molecular complexity index is 2470. The second kappa shape index (κ2) is 9.46. The van der Waals surface area contributed by atoms with Gasteiger partial charge in [0.05, 0.1) is 10.8 Å². The molecule has 43 heavy (non-hydrogen) atoms. The lowest BCUT2D eigenvalue weighted by atomic mass is 9.78. The van der Waals surface area contributed by atoms with E-state index in [9.17, 15) is 24.3 Å². The van der Waals surface area contributed by atoms with E-state index in [1.165, 1.54) is 35.9 Å². The molecule has 1 N–H and O–H groups in total. The standard InChI is InChI=1S/C37H24O6/c1-37(2,20-8-4-3-5-9-20)21-14-16-22(17-15-21)43-30-13-7-11-24-32(30)36(42)28-19-25-27(18-26(28)34(24)40)35(41)31-23(33(25)39)10-6-12-29(31)38/h3-19,38H,1-2H3. The highest BCUT2D eigenvalue weighted by atomic mass is 16.5. The predicted octanol–water partition coefficient (Wildman–Crippen LogP) is 6.44. The third-order valence-corrected chi connectivity index (χ3v) is 8.45. The minimum Gasteiger partial charge on any atom is -0.507 e. The van der Waals surface area contributed by atoms with Gasteiger partial charge in [-0.3, -0.25) is 19.2 Å². The van der Waals surface area contributed by atoms with Gasteiger partial charge >= 0.3 is 0 Å². The summed E-state index contributed by atoms with van der Waals surface area (Å²) in [5, 5.41) is 10.5. The van der Waals surface area contributed by atoms with Crippen LogP contribution in [0.4, 0.5) is 0 Å². The van der Waals surface area contributed by atoms with Crippen molar-refractivity contribution in [2.24, 2.45) is 0 Å². The van der Waals surface area contributed by atoms with Crippen LogP contribution in [0.3, 0.4) is 0 Å². The Hall–Kier alpha value is -5.62. The fourth-order valence-corrected chi connectivity index (χ4v) is 6.01. The van der Waals surface area contributed by atoms with Gasteiger partial charge in [0.1, 0.15) is 17.2 Å². The molecule has 7 rings (SSSR count). The lowest BCUT2D eigenvalue weighted by molar-refractivity contribution is 0.481. The first-order chi connectivity index (χ1) is 20.7. The molecule has 0 saturated carbocycles. The van der Waals surface area contributed by atoms with Gasteiger partial charge in [0.25, 0.3) is 0 Å². The predicted molar refractivity (Wildman–Crippen MR) is 171 cm³/mol. The van der Waals surface area contributed by atoms with Gasteiger partial charge in [0, 0.05) is 37.7 Å². The summed E-state index contributed by atoms with van der Waals surface area (Å²) in [7, 11) is 0. The lowest BCUT2D eigenvalue weighted by Gasteiger charge is -2.26. The van der Waals surface area contributed by atoms with Gasteiger partial charge in [-0.15, -0.1) is 0 Å². The molecule has 0 unspecified atom stereocenters. The van der Waals surface area contributed by atoms with Crippen LogP contribution in [-0.2, 0) is 5.41 Å². The largest absolute Gasteiger partial charge is 0.507 e. The third kappa shape index (κ3) is 3.95. The first kappa shape index (κ1) is 26.3. The maximum atomic E-state index is 13.9. The number of hydrogen-bond donors (Lipinski definition) is 1. The second-order valence-electron chi connectivity index (χ2n) is 11.3. The van der Waals surface area contributed by atoms with Crippen molar-refractivity contribution in [1.82, 2.24) is 0 Å². The molecule has 0 bridgehead atoms. The highest BCUT2D eigenvalue weighted by molar-refractivity contribution is 6.09. The molecular formula is C37H24O6. The molecule has 0 fully saturated rings. The van der Waals surface area contributed by atoms with E-state index in [2.05, 4.69) is 26.0 Å². The van der Waals surface area contributed by atoms with Gasteiger partial charge in [-0.05, 0) is 47.5 Å². The Balaban J connectivity index is 1.39. The van der Waals surface area contributed by atoms with Crippen LogP contribution in [0.1, 0.15) is 25.0 Å². The van der Waals surface area contributed by atoms with Gasteiger partial charge < -0.3 is 9.84 Å². The highest BCUT2D eigenvalue weighted by Gasteiger charge is 2.23. The first-order valence-electron chi connectivity index (χ1n) is 13.8. The Morgan fingerprint density at radius 1 is 0.512 bits per heavy atom. The fourth-order valence-electron chi connectivity index (χ4n) is 6.01. The van der Waals surface area contributed by atoms with Crippen LogP contribution in [-0.4, -0.2) is 5.11 Å². The number of benzene rings is 7. The highest BCUT2D eigenvalue weighted by Crippen LogP contribution is 2.34. The molecule has 7 aromatic rings. The summed E-state index contributed by atoms with van der Waals surface area (Å²) in [5.41, 5.74) is -0.000991. The quantitative estimate of drug-likeness (QED) is 0.247. The minimum atomic E-state index is -0.576. The summed E-state index contributed by atoms with van der Waals surface area (Å²) in [5.74, 6) is 0.395. The topological polar surface area (TPSA) is 97.7 Å². The molecule has 0 aliphatic rings. The Labute approximate surface area is 244 Å². The fraction of sp³-hybridized carbons (Fsp3) is 0.0811. The molecule has 0 saturated heterocycles. The third-order valence-electron chi connectivity index (χ3n) is 8.45. The van der Waals surface area contributed by atoms with E-state index in [4.69, 9.17) is 4.74 Å². The number of hydrogen-bond acceptors (Lipinski definition) is 6. The van der Waals surface area contributed by atoms with Crippen molar-refractivity contribution >= 4 is 43.1 Å². The number of aromatic hydroxyl groups is 1. The van der Waals surface area contributed by atoms with E-state index in [0.717, 1.165) is 5.56 Å². The van der Waals surface area contributed by atoms with Crippen molar-refractivity contribution in [2.45, 2.75) is 19.3 Å². The molecule has 0 aliphatic heterocycles. The first-order valence-corrected chi connectivity index (χ1v) is 13.8. The van der Waals surface area contributed by atoms with Crippen molar-refractivity contribution in [2.75, 3.05) is 0 Å². The molecule has 0 aromatic heterocycles. The van der Waals surface area contributed by atoms with Gasteiger partial charge in [-0.25, -0.2) is 0 Å². The van der Waals surface area contributed by atoms with E-state index in [1.54, 1.807) is 18.2 Å². The van der Waals surface area contributed by atoms with E-state index in [-0.39, 0.29) is 60.0 Å². The van der Waals surface area contributed by atoms with Crippen molar-refractivity contribution < 1.29 is 9.84 Å². The maximum absolute atomic E-state index is 13.9. The molecule has 7 aromatic carbocycles. The van der Waals surface area contributed by atoms with Crippen LogP contribution in [0.25, 0.3) is 43.1 Å². The molecule has 6 heteroatoms. The average molecular weight is 565 g/mol. The van der Waals surface area contributed by atoms with Crippen molar-refractivity contribution in [1.29, 1.82) is 0 Å². The average Bonchev–Trinajstić information content (AvgIpc) is 3.02. The maximum Gasteiger partial charge on any atom is 0.198 e. The minimum absolute atomic E-state index is 0.0152. The van der Waals surface area contributed by atoms with E-state index < -0.39 is 21.7 Å². The van der Waals surface area contributed by atoms with E-state index in [0.29, 0.717) is 5.75 Å². The van der Waals surface area contributed by atoms with E-state index in [1.807, 2.05) is 42.5 Å². The number of ether oxygens (including phenoxy) is 1. The summed E-state index contributed by atoms with van der Waals surface area (Å²) in [6.07, 6.45) is 0. The zero-order valence-electron chi connectivity index (χ0n) is 23.3. The van der Waals surface area contributed by atoms with E-state index >= 15 is 0 Å². The van der Waals surface area contributed by atoms with Gasteiger partial charge in [-0.1, -0.05) is 80.6 Å². The van der Waals surface area contributed by atoms with Crippen LogP contribution < -0.4 is 26.5 Å². The summed E-state index contributed by atoms with van der Waals surface area (Å²) >= 11 is 0. The smallest absolute Gasteiger partial charge is 0.198 e. The van der Waals surface area contributed by atoms with Crippen molar-refractivity contribution in [3.63, 3.8) is 0 Å². The molecular weight excluding hydrogens is 540 g/mol. The number of rotatable bonds is 4. The molecule has 0 aliphatic carbocycles. The normalized spacial score (nSPS) is 12.0. The molecule has 208 valence electrons. The molecule has 0 atom stereocenters. The SMILES string of the molecule is CC(C)(c1ccccc1)c1ccc(Oc2cccc3c(=O)c4cc5c(=O)c6c(O)cccc6c(=O)c5cc4c(=O)c23)cc1. The summed E-state index contributed by atoms with van der Waals surface area (Å²) in [4.78, 5) is 54.2. The number of phenols is 1. The Morgan fingerprint density at radius 2 is 1.02 bits per heavy atom. The molecule has 0 heterocycles. The van der Waals surface area contributed by atoms with Crippen molar-refractivity contribution in [3.05, 3.63) is 155 Å². The molecule has 6 nitrogen and oxygen atoms in total. The zero-order valence-corrected chi connectivity index (χ0v) is 23.3. The number of phenolic OH excluding ortho intramolecular Hbond substituents is 1. The summed E-state index contributed by atoms with van der Waals surface area (Å²) in [6, 6.07) is 29.5. The van der Waals surface area contributed by atoms with Crippen molar-refractivity contribution in [3.8, 4) is 17.2 Å². The van der Waals surface area contributed by atoms with Gasteiger partial charge in [0.2, 0.25) is 0 Å². The molecule has 0 amide bonds. The molecule has 0 radical (unpaired) electrons. The van der Waals surface area contributed by atoms with Crippen LogP contribution in [0.5, 0.6) is 17.2 Å². The molecule has 0 spiro atoms. The van der Waals surface area contributed by atoms with Gasteiger partial charge in [0.15, 0.2) is 21.7 Å².